The van der Waals surface area contributed by atoms with Crippen molar-refractivity contribution >= 4 is 21.5 Å². The van der Waals surface area contributed by atoms with Crippen molar-refractivity contribution in [3.05, 3.63) is 29.8 Å². The number of para-hydroxylation sites is 1. The van der Waals surface area contributed by atoms with Gasteiger partial charge in [0, 0.05) is 5.56 Å². The van der Waals surface area contributed by atoms with E-state index in [4.69, 9.17) is 10.9 Å². The predicted octanol–water partition coefficient (Wildman–Crippen LogP) is 0.685. The molecule has 0 unspecified atom stereocenters. The summed E-state index contributed by atoms with van der Waals surface area (Å²) in [4.78, 5) is 0. The highest BCUT2D eigenvalue weighted by Gasteiger charge is 2.36. The van der Waals surface area contributed by atoms with Crippen molar-refractivity contribution in [2.45, 2.75) is 18.1 Å². The first-order valence-electron chi connectivity index (χ1n) is 5.13. The SMILES string of the molecule is NC(=NO)c1ccccc1NS(=O)(=O)C1CC1. The maximum Gasteiger partial charge on any atom is 0.235 e. The second kappa shape index (κ2) is 4.25. The molecule has 0 atom stereocenters. The minimum atomic E-state index is -3.35. The Balaban J connectivity index is 2.33. The second-order valence-corrected chi connectivity index (χ2v) is 5.84. The molecule has 2 rings (SSSR count). The van der Waals surface area contributed by atoms with Gasteiger partial charge in [-0.3, -0.25) is 4.72 Å². The van der Waals surface area contributed by atoms with Crippen molar-refractivity contribution in [3.8, 4) is 0 Å². The predicted molar refractivity (Wildman–Crippen MR) is 64.5 cm³/mol. The Hall–Kier alpha value is -1.76. The average Bonchev–Trinajstić information content (AvgIpc) is 3.12. The fourth-order valence-corrected chi connectivity index (χ4v) is 2.87. The Labute approximate surface area is 99.2 Å². The lowest BCUT2D eigenvalue weighted by molar-refractivity contribution is 0.318. The van der Waals surface area contributed by atoms with Crippen molar-refractivity contribution in [1.82, 2.24) is 0 Å². The van der Waals surface area contributed by atoms with Crippen LogP contribution in [-0.4, -0.2) is 24.7 Å². The van der Waals surface area contributed by atoms with Gasteiger partial charge in [0.15, 0.2) is 5.84 Å². The lowest BCUT2D eigenvalue weighted by atomic mass is 10.2. The number of nitrogens with one attached hydrogen (secondary N) is 1. The maximum absolute atomic E-state index is 11.8. The third-order valence-corrected chi connectivity index (χ3v) is 4.38. The van der Waals surface area contributed by atoms with Gasteiger partial charge in [0.2, 0.25) is 10.0 Å². The van der Waals surface area contributed by atoms with Crippen LogP contribution in [0, 0.1) is 0 Å². The summed E-state index contributed by atoms with van der Waals surface area (Å²) in [6.07, 6.45) is 1.36. The van der Waals surface area contributed by atoms with Crippen LogP contribution in [0.25, 0.3) is 0 Å². The molecule has 1 saturated carbocycles. The fraction of sp³-hybridized carbons (Fsp3) is 0.300. The van der Waals surface area contributed by atoms with E-state index in [1.807, 2.05) is 0 Å². The molecule has 0 aliphatic heterocycles. The molecule has 0 heterocycles. The summed E-state index contributed by atoms with van der Waals surface area (Å²) in [6.45, 7) is 0. The number of nitrogens with two attached hydrogens (primary N) is 1. The van der Waals surface area contributed by atoms with E-state index in [0.29, 0.717) is 24.1 Å². The molecular formula is C10H13N3O3S. The van der Waals surface area contributed by atoms with Gasteiger partial charge in [0.25, 0.3) is 0 Å². The number of amidine groups is 1. The number of hydrogen-bond donors (Lipinski definition) is 3. The van der Waals surface area contributed by atoms with Crippen LogP contribution in [0.15, 0.2) is 29.4 Å². The van der Waals surface area contributed by atoms with Gasteiger partial charge in [0.05, 0.1) is 10.9 Å². The highest BCUT2D eigenvalue weighted by atomic mass is 32.2. The molecule has 92 valence electrons. The van der Waals surface area contributed by atoms with E-state index in [9.17, 15) is 8.42 Å². The number of hydrogen-bond acceptors (Lipinski definition) is 4. The van der Waals surface area contributed by atoms with Crippen LogP contribution in [0.2, 0.25) is 0 Å². The molecule has 1 aromatic rings. The zero-order chi connectivity index (χ0) is 12.5. The molecule has 0 radical (unpaired) electrons. The molecule has 6 nitrogen and oxygen atoms in total. The minimum absolute atomic E-state index is 0.126. The Morgan fingerprint density at radius 2 is 2.06 bits per heavy atom. The van der Waals surface area contributed by atoms with E-state index in [1.54, 1.807) is 24.3 Å². The molecule has 7 heteroatoms. The highest BCUT2D eigenvalue weighted by Crippen LogP contribution is 2.30. The van der Waals surface area contributed by atoms with Crippen LogP contribution < -0.4 is 10.5 Å². The summed E-state index contributed by atoms with van der Waals surface area (Å²) in [5, 5.41) is 11.2. The molecule has 1 aromatic carbocycles. The van der Waals surface area contributed by atoms with Crippen molar-refractivity contribution in [3.63, 3.8) is 0 Å². The molecule has 1 fully saturated rings. The van der Waals surface area contributed by atoms with Crippen LogP contribution in [0.4, 0.5) is 5.69 Å². The summed E-state index contributed by atoms with van der Waals surface area (Å²) >= 11 is 0. The van der Waals surface area contributed by atoms with Crippen molar-refractivity contribution in [2.75, 3.05) is 4.72 Å². The second-order valence-electron chi connectivity index (χ2n) is 3.88. The van der Waals surface area contributed by atoms with Gasteiger partial charge in [-0.05, 0) is 25.0 Å². The lowest BCUT2D eigenvalue weighted by Crippen LogP contribution is -2.21. The van der Waals surface area contributed by atoms with E-state index in [1.165, 1.54) is 0 Å². The molecule has 1 aliphatic carbocycles. The molecule has 0 bridgehead atoms. The number of anilines is 1. The van der Waals surface area contributed by atoms with Crippen LogP contribution in [0.5, 0.6) is 0 Å². The molecule has 0 spiro atoms. The smallest absolute Gasteiger partial charge is 0.235 e. The summed E-state index contributed by atoms with van der Waals surface area (Å²) < 4.78 is 26.0. The van der Waals surface area contributed by atoms with Gasteiger partial charge in [-0.25, -0.2) is 8.42 Å². The zero-order valence-corrected chi connectivity index (χ0v) is 9.81. The fourth-order valence-electron chi connectivity index (χ4n) is 1.46. The van der Waals surface area contributed by atoms with Gasteiger partial charge >= 0.3 is 0 Å². The van der Waals surface area contributed by atoms with Crippen molar-refractivity contribution in [1.29, 1.82) is 0 Å². The number of oxime groups is 1. The first-order valence-corrected chi connectivity index (χ1v) is 6.68. The monoisotopic (exact) mass is 255 g/mol. The standard InChI is InChI=1S/C10H13N3O3S/c11-10(12-14)8-3-1-2-4-9(8)13-17(15,16)7-5-6-7/h1-4,7,13-14H,5-6H2,(H2,11,12). The Morgan fingerprint density at radius 3 is 2.65 bits per heavy atom. The van der Waals surface area contributed by atoms with Gasteiger partial charge in [-0.1, -0.05) is 17.3 Å². The van der Waals surface area contributed by atoms with E-state index >= 15 is 0 Å². The number of benzene rings is 1. The van der Waals surface area contributed by atoms with Gasteiger partial charge < -0.3 is 10.9 Å². The van der Waals surface area contributed by atoms with Crippen molar-refractivity contribution in [2.24, 2.45) is 10.9 Å². The normalized spacial score (nSPS) is 16.8. The van der Waals surface area contributed by atoms with Crippen molar-refractivity contribution < 1.29 is 13.6 Å². The van der Waals surface area contributed by atoms with Crippen LogP contribution in [-0.2, 0) is 10.0 Å². The van der Waals surface area contributed by atoms with Gasteiger partial charge in [-0.15, -0.1) is 0 Å². The molecule has 0 saturated heterocycles. The first-order chi connectivity index (χ1) is 8.04. The Morgan fingerprint density at radius 1 is 1.41 bits per heavy atom. The lowest BCUT2D eigenvalue weighted by Gasteiger charge is -2.10. The van der Waals surface area contributed by atoms with E-state index in [0.717, 1.165) is 0 Å². The largest absolute Gasteiger partial charge is 0.409 e. The number of nitrogens with zero attached hydrogens (tertiary/aromatic N) is 1. The molecular weight excluding hydrogens is 242 g/mol. The summed E-state index contributed by atoms with van der Waals surface area (Å²) in [6, 6.07) is 6.52. The molecule has 1 aliphatic rings. The van der Waals surface area contributed by atoms with Crippen LogP contribution in [0.3, 0.4) is 0 Å². The Kier molecular flexibility index (Phi) is 2.93. The highest BCUT2D eigenvalue weighted by molar-refractivity contribution is 7.93. The summed E-state index contributed by atoms with van der Waals surface area (Å²) in [7, 11) is -3.35. The summed E-state index contributed by atoms with van der Waals surface area (Å²) in [5.41, 5.74) is 6.16. The van der Waals surface area contributed by atoms with Crippen LogP contribution in [0.1, 0.15) is 18.4 Å². The van der Waals surface area contributed by atoms with Crippen LogP contribution >= 0.6 is 0 Å². The third kappa shape index (κ3) is 2.50. The molecule has 0 aromatic heterocycles. The van der Waals surface area contributed by atoms with E-state index < -0.39 is 10.0 Å². The van der Waals surface area contributed by atoms with Gasteiger partial charge in [0.1, 0.15) is 0 Å². The maximum atomic E-state index is 11.8. The van der Waals surface area contributed by atoms with E-state index in [-0.39, 0.29) is 11.1 Å². The molecule has 0 amide bonds. The Bertz CT molecular complexity index is 550. The summed E-state index contributed by atoms with van der Waals surface area (Å²) in [5.74, 6) is -0.126. The van der Waals surface area contributed by atoms with Gasteiger partial charge in [-0.2, -0.15) is 0 Å². The average molecular weight is 255 g/mol. The first kappa shape index (κ1) is 11.7. The number of rotatable bonds is 4. The van der Waals surface area contributed by atoms with E-state index in [2.05, 4.69) is 9.88 Å². The quantitative estimate of drug-likeness (QED) is 0.318. The number of sulfonamides is 1. The minimum Gasteiger partial charge on any atom is -0.409 e. The zero-order valence-electron chi connectivity index (χ0n) is 9.00. The molecule has 4 N–H and O–H groups in total. The third-order valence-electron chi connectivity index (χ3n) is 2.53. The topological polar surface area (TPSA) is 105 Å². The molecule has 17 heavy (non-hydrogen) atoms.